The Morgan fingerprint density at radius 2 is 2.78 bits per heavy atom. The van der Waals surface area contributed by atoms with E-state index in [-0.39, 0.29) is 12.0 Å². The number of hydrogen-bond acceptors (Lipinski definition) is 4. The monoisotopic (exact) mass is 131 g/mol. The van der Waals surface area contributed by atoms with Crippen LogP contribution < -0.4 is 16.7 Å². The quantitative estimate of drug-likeness (QED) is 0.307. The summed E-state index contributed by atoms with van der Waals surface area (Å²) in [4.78, 5) is 15.2. The van der Waals surface area contributed by atoms with E-state index in [2.05, 4.69) is 10.9 Å². The minimum Gasteiger partial charge on any atom is -0.273 e. The summed E-state index contributed by atoms with van der Waals surface area (Å²) in [5, 5.41) is 0. The standard InChI is InChI=1S/C4H9N3O2/c5-6-2-3-1-4(8)7-9-3/h3,6H,1-2,5H2,(H,7,8). The lowest BCUT2D eigenvalue weighted by Crippen LogP contribution is -2.32. The molecule has 1 unspecified atom stereocenters. The van der Waals surface area contributed by atoms with Crippen LogP contribution in [0, 0.1) is 0 Å². The lowest BCUT2D eigenvalue weighted by atomic mass is 10.3. The van der Waals surface area contributed by atoms with E-state index in [1.807, 2.05) is 0 Å². The van der Waals surface area contributed by atoms with Crippen molar-refractivity contribution in [3.8, 4) is 0 Å². The topological polar surface area (TPSA) is 76.4 Å². The molecule has 1 atom stereocenters. The van der Waals surface area contributed by atoms with Crippen molar-refractivity contribution in [1.29, 1.82) is 0 Å². The molecule has 0 saturated carbocycles. The Bertz CT molecular complexity index is 116. The fourth-order valence-electron chi connectivity index (χ4n) is 0.684. The summed E-state index contributed by atoms with van der Waals surface area (Å²) < 4.78 is 0. The van der Waals surface area contributed by atoms with E-state index in [0.29, 0.717) is 13.0 Å². The van der Waals surface area contributed by atoms with Gasteiger partial charge in [-0.25, -0.2) is 5.48 Å². The second kappa shape index (κ2) is 2.77. The molecule has 9 heavy (non-hydrogen) atoms. The smallest absolute Gasteiger partial charge is 0.246 e. The summed E-state index contributed by atoms with van der Waals surface area (Å²) in [7, 11) is 0. The van der Waals surface area contributed by atoms with Crippen molar-refractivity contribution in [2.24, 2.45) is 5.84 Å². The molecule has 0 aliphatic carbocycles. The number of nitrogens with two attached hydrogens (primary N) is 1. The number of rotatable bonds is 2. The van der Waals surface area contributed by atoms with Crippen LogP contribution in [0.5, 0.6) is 0 Å². The molecule has 0 spiro atoms. The zero-order valence-corrected chi connectivity index (χ0v) is 4.89. The molecule has 1 rings (SSSR count). The maximum Gasteiger partial charge on any atom is 0.246 e. The summed E-state index contributed by atoms with van der Waals surface area (Å²) in [6, 6.07) is 0. The molecule has 1 aliphatic rings. The third-order valence-corrected chi connectivity index (χ3v) is 1.10. The van der Waals surface area contributed by atoms with Gasteiger partial charge in [0, 0.05) is 6.54 Å². The van der Waals surface area contributed by atoms with Crippen molar-refractivity contribution >= 4 is 5.91 Å². The SMILES string of the molecule is NNCC1CC(=O)NO1. The third-order valence-electron chi connectivity index (χ3n) is 1.10. The molecule has 1 amide bonds. The van der Waals surface area contributed by atoms with Crippen LogP contribution in [0.2, 0.25) is 0 Å². The molecular formula is C4H9N3O2. The molecule has 1 saturated heterocycles. The van der Waals surface area contributed by atoms with E-state index in [1.54, 1.807) is 0 Å². The molecule has 0 bridgehead atoms. The summed E-state index contributed by atoms with van der Waals surface area (Å²) >= 11 is 0. The molecule has 4 N–H and O–H groups in total. The Balaban J connectivity index is 2.22. The van der Waals surface area contributed by atoms with Gasteiger partial charge in [-0.1, -0.05) is 0 Å². The molecule has 5 heteroatoms. The van der Waals surface area contributed by atoms with Crippen molar-refractivity contribution in [1.82, 2.24) is 10.9 Å². The van der Waals surface area contributed by atoms with Crippen LogP contribution in [0.3, 0.4) is 0 Å². The van der Waals surface area contributed by atoms with Crippen LogP contribution in [0.25, 0.3) is 0 Å². The van der Waals surface area contributed by atoms with Gasteiger partial charge in [-0.3, -0.25) is 20.9 Å². The highest BCUT2D eigenvalue weighted by Gasteiger charge is 2.21. The van der Waals surface area contributed by atoms with Gasteiger partial charge in [-0.05, 0) is 0 Å². The van der Waals surface area contributed by atoms with Gasteiger partial charge < -0.3 is 0 Å². The Kier molecular flexibility index (Phi) is 1.99. The number of hydrazine groups is 1. The number of nitrogens with one attached hydrogen (secondary N) is 2. The number of hydrogen-bond donors (Lipinski definition) is 3. The first kappa shape index (κ1) is 6.47. The van der Waals surface area contributed by atoms with Crippen LogP contribution in [0.4, 0.5) is 0 Å². The normalized spacial score (nSPS) is 26.3. The van der Waals surface area contributed by atoms with Gasteiger partial charge >= 0.3 is 0 Å². The van der Waals surface area contributed by atoms with Crippen molar-refractivity contribution in [3.05, 3.63) is 0 Å². The first-order chi connectivity index (χ1) is 4.33. The molecular weight excluding hydrogens is 122 g/mol. The second-order valence-corrected chi connectivity index (χ2v) is 1.88. The van der Waals surface area contributed by atoms with E-state index >= 15 is 0 Å². The molecule has 0 radical (unpaired) electrons. The maximum atomic E-state index is 10.4. The zero-order valence-electron chi connectivity index (χ0n) is 4.89. The van der Waals surface area contributed by atoms with Crippen molar-refractivity contribution < 1.29 is 9.63 Å². The van der Waals surface area contributed by atoms with Gasteiger partial charge in [0.2, 0.25) is 5.91 Å². The van der Waals surface area contributed by atoms with Gasteiger partial charge in [0.25, 0.3) is 0 Å². The Morgan fingerprint density at radius 3 is 3.22 bits per heavy atom. The summed E-state index contributed by atoms with van der Waals surface area (Å²) in [5.74, 6) is 4.90. The number of carbonyl (C=O) groups is 1. The average Bonchev–Trinajstić information content (AvgIpc) is 2.17. The highest BCUT2D eigenvalue weighted by molar-refractivity contribution is 5.76. The predicted molar refractivity (Wildman–Crippen MR) is 29.8 cm³/mol. The van der Waals surface area contributed by atoms with Gasteiger partial charge in [-0.15, -0.1) is 0 Å². The predicted octanol–water partition coefficient (Wildman–Crippen LogP) is -1.73. The fraction of sp³-hybridized carbons (Fsp3) is 0.750. The van der Waals surface area contributed by atoms with E-state index in [0.717, 1.165) is 0 Å². The lowest BCUT2D eigenvalue weighted by Gasteiger charge is -2.02. The minimum absolute atomic E-state index is 0.0877. The summed E-state index contributed by atoms with van der Waals surface area (Å²) in [6.45, 7) is 0.499. The van der Waals surface area contributed by atoms with Crippen LogP contribution in [-0.4, -0.2) is 18.6 Å². The third kappa shape index (κ3) is 1.63. The molecule has 0 aromatic rings. The average molecular weight is 131 g/mol. The highest BCUT2D eigenvalue weighted by Crippen LogP contribution is 2.01. The largest absolute Gasteiger partial charge is 0.273 e. The van der Waals surface area contributed by atoms with E-state index in [4.69, 9.17) is 10.7 Å². The first-order valence-electron chi connectivity index (χ1n) is 2.71. The van der Waals surface area contributed by atoms with Crippen molar-refractivity contribution in [2.75, 3.05) is 6.54 Å². The van der Waals surface area contributed by atoms with Gasteiger partial charge in [0.05, 0.1) is 6.42 Å². The van der Waals surface area contributed by atoms with Crippen LogP contribution in [0.15, 0.2) is 0 Å². The van der Waals surface area contributed by atoms with E-state index in [1.165, 1.54) is 0 Å². The number of carbonyl (C=O) groups excluding carboxylic acids is 1. The van der Waals surface area contributed by atoms with E-state index < -0.39 is 0 Å². The maximum absolute atomic E-state index is 10.4. The minimum atomic E-state index is -0.109. The van der Waals surface area contributed by atoms with Gasteiger partial charge in [0.15, 0.2) is 0 Å². The van der Waals surface area contributed by atoms with Crippen LogP contribution >= 0.6 is 0 Å². The van der Waals surface area contributed by atoms with Gasteiger partial charge in [-0.2, -0.15) is 0 Å². The number of hydroxylamine groups is 1. The summed E-state index contributed by atoms with van der Waals surface area (Å²) in [5.41, 5.74) is 4.63. The Labute approximate surface area is 52.5 Å². The van der Waals surface area contributed by atoms with Crippen LogP contribution in [0.1, 0.15) is 6.42 Å². The molecule has 1 fully saturated rings. The molecule has 1 heterocycles. The second-order valence-electron chi connectivity index (χ2n) is 1.88. The van der Waals surface area contributed by atoms with E-state index in [9.17, 15) is 4.79 Å². The van der Waals surface area contributed by atoms with Crippen LogP contribution in [-0.2, 0) is 9.63 Å². The number of amides is 1. The first-order valence-corrected chi connectivity index (χ1v) is 2.71. The molecule has 52 valence electrons. The Morgan fingerprint density at radius 1 is 2.00 bits per heavy atom. The Hall–Kier alpha value is -0.650. The molecule has 1 aliphatic heterocycles. The lowest BCUT2D eigenvalue weighted by molar-refractivity contribution is -0.124. The highest BCUT2D eigenvalue weighted by atomic mass is 16.7. The van der Waals surface area contributed by atoms with Gasteiger partial charge in [0.1, 0.15) is 6.10 Å². The van der Waals surface area contributed by atoms with Crippen molar-refractivity contribution in [3.63, 3.8) is 0 Å². The molecule has 0 aromatic heterocycles. The fourth-order valence-corrected chi connectivity index (χ4v) is 0.684. The zero-order chi connectivity index (χ0) is 6.69. The summed E-state index contributed by atoms with van der Waals surface area (Å²) in [6.07, 6.45) is 0.284. The van der Waals surface area contributed by atoms with Crippen molar-refractivity contribution in [2.45, 2.75) is 12.5 Å². The molecule has 5 nitrogen and oxygen atoms in total. The molecule has 0 aromatic carbocycles.